The van der Waals surface area contributed by atoms with Gasteiger partial charge in [-0.3, -0.25) is 0 Å². The van der Waals surface area contributed by atoms with Crippen molar-refractivity contribution in [2.24, 2.45) is 0 Å². The molecule has 1 aliphatic carbocycles. The SMILES string of the molecule is COc1cc(Nc2ncc(C)c(Nc3cccc(CNS(=O)(=O)C4CC4)c3)n2)cc(OC)c1OC. The maximum absolute atomic E-state index is 12.1. The van der Waals surface area contributed by atoms with Gasteiger partial charge in [0, 0.05) is 41.8 Å². The molecule has 0 spiro atoms. The molecular weight excluding hydrogens is 470 g/mol. The smallest absolute Gasteiger partial charge is 0.229 e. The Kier molecular flexibility index (Phi) is 7.27. The minimum atomic E-state index is -3.24. The van der Waals surface area contributed by atoms with Gasteiger partial charge in [-0.25, -0.2) is 18.1 Å². The third kappa shape index (κ3) is 5.92. The van der Waals surface area contributed by atoms with Gasteiger partial charge in [0.2, 0.25) is 21.7 Å². The first kappa shape index (κ1) is 24.6. The van der Waals surface area contributed by atoms with Crippen molar-refractivity contribution in [3.63, 3.8) is 0 Å². The molecular formula is C24H29N5O5S. The van der Waals surface area contributed by atoms with Crippen molar-refractivity contribution >= 4 is 33.2 Å². The molecule has 0 amide bonds. The maximum Gasteiger partial charge on any atom is 0.229 e. The van der Waals surface area contributed by atoms with Crippen molar-refractivity contribution in [2.45, 2.75) is 31.6 Å². The van der Waals surface area contributed by atoms with E-state index in [1.54, 1.807) is 39.7 Å². The Morgan fingerprint density at radius 2 is 1.69 bits per heavy atom. The molecule has 186 valence electrons. The van der Waals surface area contributed by atoms with Gasteiger partial charge in [-0.2, -0.15) is 4.98 Å². The van der Waals surface area contributed by atoms with Gasteiger partial charge in [0.25, 0.3) is 0 Å². The molecule has 0 unspecified atom stereocenters. The highest BCUT2D eigenvalue weighted by atomic mass is 32.2. The summed E-state index contributed by atoms with van der Waals surface area (Å²) in [5, 5.41) is 6.22. The molecule has 0 bridgehead atoms. The van der Waals surface area contributed by atoms with E-state index < -0.39 is 10.0 Å². The van der Waals surface area contributed by atoms with E-state index in [2.05, 4.69) is 25.3 Å². The minimum Gasteiger partial charge on any atom is -0.493 e. The van der Waals surface area contributed by atoms with Crippen molar-refractivity contribution in [1.29, 1.82) is 0 Å². The molecule has 2 aromatic carbocycles. The van der Waals surface area contributed by atoms with Crippen LogP contribution in [0.25, 0.3) is 0 Å². The predicted molar refractivity (Wildman–Crippen MR) is 135 cm³/mol. The summed E-state index contributed by atoms with van der Waals surface area (Å²) < 4.78 is 43.1. The van der Waals surface area contributed by atoms with Crippen LogP contribution < -0.4 is 29.6 Å². The number of nitrogens with one attached hydrogen (secondary N) is 3. The van der Waals surface area contributed by atoms with Crippen molar-refractivity contribution in [3.8, 4) is 17.2 Å². The number of hydrogen-bond donors (Lipinski definition) is 3. The van der Waals surface area contributed by atoms with E-state index in [4.69, 9.17) is 14.2 Å². The van der Waals surface area contributed by atoms with Crippen LogP contribution in [0.2, 0.25) is 0 Å². The van der Waals surface area contributed by atoms with Crippen LogP contribution in [0.5, 0.6) is 17.2 Å². The number of ether oxygens (including phenoxy) is 3. The normalized spacial score (nSPS) is 13.3. The largest absolute Gasteiger partial charge is 0.493 e. The molecule has 3 N–H and O–H groups in total. The number of aromatic nitrogens is 2. The number of rotatable bonds is 11. The van der Waals surface area contributed by atoms with Crippen LogP contribution in [0, 0.1) is 6.92 Å². The Morgan fingerprint density at radius 1 is 0.971 bits per heavy atom. The number of aryl methyl sites for hydroxylation is 1. The highest BCUT2D eigenvalue weighted by Crippen LogP contribution is 2.40. The fourth-order valence-corrected chi connectivity index (χ4v) is 4.85. The number of nitrogens with zero attached hydrogens (tertiary/aromatic N) is 2. The van der Waals surface area contributed by atoms with Gasteiger partial charge >= 0.3 is 0 Å². The molecule has 0 saturated heterocycles. The van der Waals surface area contributed by atoms with Crippen molar-refractivity contribution in [1.82, 2.24) is 14.7 Å². The second-order valence-corrected chi connectivity index (χ2v) is 10.2. The number of methoxy groups -OCH3 is 3. The molecule has 0 aliphatic heterocycles. The molecule has 1 aliphatic rings. The van der Waals surface area contributed by atoms with Crippen molar-refractivity contribution < 1.29 is 22.6 Å². The first-order chi connectivity index (χ1) is 16.8. The Labute approximate surface area is 205 Å². The van der Waals surface area contributed by atoms with E-state index in [1.807, 2.05) is 31.2 Å². The Balaban J connectivity index is 1.50. The number of benzene rings is 2. The standard InChI is InChI=1S/C24H29N5O5S/c1-15-13-25-24(28-18-11-20(32-2)22(34-4)21(12-18)33-3)29-23(15)27-17-7-5-6-16(10-17)14-26-35(30,31)19-8-9-19/h5-7,10-13,19,26H,8-9,14H2,1-4H3,(H2,25,27,28,29). The number of hydrogen-bond acceptors (Lipinski definition) is 9. The van der Waals surface area contributed by atoms with Gasteiger partial charge in [0.05, 0.1) is 26.6 Å². The minimum absolute atomic E-state index is 0.241. The van der Waals surface area contributed by atoms with Crippen LogP contribution in [0.4, 0.5) is 23.1 Å². The molecule has 1 saturated carbocycles. The van der Waals surface area contributed by atoms with Crippen LogP contribution in [0.1, 0.15) is 24.0 Å². The summed E-state index contributed by atoms with van der Waals surface area (Å²) in [5.74, 6) is 2.50. The summed E-state index contributed by atoms with van der Waals surface area (Å²) in [5.41, 5.74) is 3.15. The van der Waals surface area contributed by atoms with E-state index in [9.17, 15) is 8.42 Å². The second-order valence-electron chi connectivity index (χ2n) is 8.16. The maximum atomic E-state index is 12.1. The third-order valence-electron chi connectivity index (χ3n) is 5.52. The van der Waals surface area contributed by atoms with Crippen LogP contribution in [0.3, 0.4) is 0 Å². The lowest BCUT2D eigenvalue weighted by molar-refractivity contribution is 0.324. The summed E-state index contributed by atoms with van der Waals surface area (Å²) in [7, 11) is 1.41. The van der Waals surface area contributed by atoms with Gasteiger partial charge in [-0.1, -0.05) is 12.1 Å². The fraction of sp³-hybridized carbons (Fsp3) is 0.333. The van der Waals surface area contributed by atoms with Crippen molar-refractivity contribution in [2.75, 3.05) is 32.0 Å². The topological polar surface area (TPSA) is 124 Å². The first-order valence-electron chi connectivity index (χ1n) is 11.1. The zero-order chi connectivity index (χ0) is 25.0. The summed E-state index contributed by atoms with van der Waals surface area (Å²) in [6, 6.07) is 11.1. The van der Waals surface area contributed by atoms with E-state index in [1.165, 1.54) is 0 Å². The van der Waals surface area contributed by atoms with E-state index >= 15 is 0 Å². The van der Waals surface area contributed by atoms with E-state index in [-0.39, 0.29) is 11.8 Å². The molecule has 10 nitrogen and oxygen atoms in total. The Hall–Kier alpha value is -3.57. The molecule has 0 atom stereocenters. The lowest BCUT2D eigenvalue weighted by Gasteiger charge is -2.15. The number of anilines is 4. The molecule has 4 rings (SSSR count). The van der Waals surface area contributed by atoms with Crippen LogP contribution in [-0.4, -0.2) is 45.0 Å². The van der Waals surface area contributed by atoms with Crippen LogP contribution in [0.15, 0.2) is 42.6 Å². The lowest BCUT2D eigenvalue weighted by Crippen LogP contribution is -2.26. The summed E-state index contributed by atoms with van der Waals surface area (Å²) in [4.78, 5) is 8.98. The van der Waals surface area contributed by atoms with Gasteiger partial charge in [0.1, 0.15) is 5.82 Å². The average Bonchev–Trinajstić information content (AvgIpc) is 3.71. The highest BCUT2D eigenvalue weighted by molar-refractivity contribution is 7.90. The molecule has 11 heteroatoms. The Bertz CT molecular complexity index is 1290. The monoisotopic (exact) mass is 499 g/mol. The lowest BCUT2D eigenvalue weighted by atomic mass is 10.2. The zero-order valence-electron chi connectivity index (χ0n) is 20.1. The molecule has 1 heterocycles. The van der Waals surface area contributed by atoms with Gasteiger partial charge in [0.15, 0.2) is 11.5 Å². The van der Waals surface area contributed by atoms with Crippen molar-refractivity contribution in [3.05, 3.63) is 53.7 Å². The molecule has 35 heavy (non-hydrogen) atoms. The van der Waals surface area contributed by atoms with Gasteiger partial charge in [-0.15, -0.1) is 0 Å². The number of sulfonamides is 1. The van der Waals surface area contributed by atoms with Gasteiger partial charge < -0.3 is 24.8 Å². The van der Waals surface area contributed by atoms with E-state index in [0.717, 1.165) is 29.7 Å². The van der Waals surface area contributed by atoms with Crippen LogP contribution in [-0.2, 0) is 16.6 Å². The quantitative estimate of drug-likeness (QED) is 0.360. The fourth-order valence-electron chi connectivity index (χ4n) is 3.49. The average molecular weight is 500 g/mol. The molecule has 1 aromatic heterocycles. The molecule has 0 radical (unpaired) electrons. The summed E-state index contributed by atoms with van der Waals surface area (Å²) in [6.07, 6.45) is 3.18. The summed E-state index contributed by atoms with van der Waals surface area (Å²) >= 11 is 0. The van der Waals surface area contributed by atoms with E-state index in [0.29, 0.717) is 34.7 Å². The summed E-state index contributed by atoms with van der Waals surface area (Å²) in [6.45, 7) is 2.14. The predicted octanol–water partition coefficient (Wildman–Crippen LogP) is 3.88. The highest BCUT2D eigenvalue weighted by Gasteiger charge is 2.35. The second kappa shape index (κ2) is 10.4. The van der Waals surface area contributed by atoms with Gasteiger partial charge in [-0.05, 0) is 37.5 Å². The van der Waals surface area contributed by atoms with Crippen LogP contribution >= 0.6 is 0 Å². The molecule has 1 fully saturated rings. The Morgan fingerprint density at radius 3 is 2.31 bits per heavy atom. The third-order valence-corrected chi connectivity index (χ3v) is 7.42. The molecule has 3 aromatic rings. The zero-order valence-corrected chi connectivity index (χ0v) is 20.9. The first-order valence-corrected chi connectivity index (χ1v) is 12.6.